The number of pyridine rings is 1. The van der Waals surface area contributed by atoms with Crippen LogP contribution in [0, 0.1) is 6.92 Å². The fraction of sp³-hybridized carbons (Fsp3) is 0.474. The molecule has 2 rings (SSSR count). The summed E-state index contributed by atoms with van der Waals surface area (Å²) < 4.78 is 41.2. The first kappa shape index (κ1) is 24.3. The highest BCUT2D eigenvalue weighted by atomic mass is 19.4. The van der Waals surface area contributed by atoms with Gasteiger partial charge in [0.15, 0.2) is 6.61 Å². The van der Waals surface area contributed by atoms with Crippen molar-refractivity contribution >= 4 is 5.91 Å². The molecule has 2 aromatic heterocycles. The molecule has 2 heterocycles. The van der Waals surface area contributed by atoms with Gasteiger partial charge in [0, 0.05) is 29.7 Å². The van der Waals surface area contributed by atoms with Gasteiger partial charge in [0.1, 0.15) is 5.69 Å². The maximum Gasteiger partial charge on any atom is 0.422 e. The molecule has 0 aromatic carbocycles. The van der Waals surface area contributed by atoms with Crippen molar-refractivity contribution in [1.29, 1.82) is 0 Å². The highest BCUT2D eigenvalue weighted by molar-refractivity contribution is 5.92. The fourth-order valence-electron chi connectivity index (χ4n) is 1.89. The van der Waals surface area contributed by atoms with Crippen LogP contribution in [-0.2, 0) is 0 Å². The number of ether oxygens (including phenoxy) is 1. The lowest BCUT2D eigenvalue weighted by molar-refractivity contribution is -0.154. The van der Waals surface area contributed by atoms with Gasteiger partial charge in [-0.3, -0.25) is 9.78 Å². The zero-order valence-corrected chi connectivity index (χ0v) is 17.0. The summed E-state index contributed by atoms with van der Waals surface area (Å²) in [5, 5.41) is 2.71. The van der Waals surface area contributed by atoms with Gasteiger partial charge in [-0.2, -0.15) is 13.2 Å². The Balaban J connectivity index is 0.000000749. The Bertz CT molecular complexity index is 787. The van der Waals surface area contributed by atoms with Gasteiger partial charge in [0.05, 0.1) is 12.2 Å². The molecule has 2 aromatic rings. The number of alkyl halides is 3. The maximum atomic E-state index is 12.2. The molecule has 10 heteroatoms. The number of nitrogens with one attached hydrogen (secondary N) is 1. The maximum absolute atomic E-state index is 12.2. The topological polar surface area (TPSA) is 103 Å². The minimum absolute atomic E-state index is 0. The first-order chi connectivity index (χ1) is 13.3. The van der Waals surface area contributed by atoms with Gasteiger partial charge in [0.25, 0.3) is 5.91 Å². The summed E-state index contributed by atoms with van der Waals surface area (Å²) in [4.78, 5) is 23.6. The Morgan fingerprint density at radius 2 is 1.83 bits per heavy atom. The highest BCUT2D eigenvalue weighted by Crippen LogP contribution is 2.22. The van der Waals surface area contributed by atoms with Crippen LogP contribution >= 0.6 is 0 Å². The summed E-state index contributed by atoms with van der Waals surface area (Å²) >= 11 is 0. The third kappa shape index (κ3) is 10.4. The molecule has 0 aliphatic carbocycles. The van der Waals surface area contributed by atoms with E-state index in [4.69, 9.17) is 5.73 Å². The van der Waals surface area contributed by atoms with E-state index >= 15 is 0 Å². The van der Waals surface area contributed by atoms with Crippen molar-refractivity contribution in [3.63, 3.8) is 0 Å². The molecule has 3 N–H and O–H groups in total. The van der Waals surface area contributed by atoms with Gasteiger partial charge in [-0.15, -0.1) is 0 Å². The first-order valence-corrected chi connectivity index (χ1v) is 8.78. The largest absolute Gasteiger partial charge is 0.468 e. The minimum atomic E-state index is -4.43. The molecule has 7 nitrogen and oxygen atoms in total. The third-order valence-corrected chi connectivity index (χ3v) is 3.07. The number of halogens is 3. The summed E-state index contributed by atoms with van der Waals surface area (Å²) in [6.07, 6.45) is 1.12. The van der Waals surface area contributed by atoms with E-state index in [9.17, 15) is 18.0 Å². The van der Waals surface area contributed by atoms with Crippen molar-refractivity contribution in [1.82, 2.24) is 20.3 Å². The average Bonchev–Trinajstić information content (AvgIpc) is 2.59. The SMILES string of the molecule is CC(C)(C)N.Cc1cc(C(C)NC(=O)c2cnccn2)cnc1OCC(F)(F)F. The van der Waals surface area contributed by atoms with Crippen molar-refractivity contribution in [3.05, 3.63) is 47.7 Å². The Kier molecular flexibility index (Phi) is 8.50. The summed E-state index contributed by atoms with van der Waals surface area (Å²) in [6.45, 7) is 7.80. The van der Waals surface area contributed by atoms with Gasteiger partial charge in [-0.1, -0.05) is 0 Å². The zero-order valence-electron chi connectivity index (χ0n) is 17.0. The third-order valence-electron chi connectivity index (χ3n) is 3.07. The Morgan fingerprint density at radius 3 is 2.31 bits per heavy atom. The fourth-order valence-corrected chi connectivity index (χ4v) is 1.89. The van der Waals surface area contributed by atoms with Crippen molar-refractivity contribution in [2.24, 2.45) is 5.73 Å². The monoisotopic (exact) mass is 413 g/mol. The zero-order chi connectivity index (χ0) is 22.2. The van der Waals surface area contributed by atoms with Crippen LogP contribution in [0.4, 0.5) is 13.2 Å². The summed E-state index contributed by atoms with van der Waals surface area (Å²) in [5.41, 5.74) is 6.59. The van der Waals surface area contributed by atoms with E-state index in [-0.39, 0.29) is 17.1 Å². The van der Waals surface area contributed by atoms with Gasteiger partial charge < -0.3 is 15.8 Å². The molecule has 29 heavy (non-hydrogen) atoms. The second-order valence-electron chi connectivity index (χ2n) is 7.45. The summed E-state index contributed by atoms with van der Waals surface area (Å²) in [6, 6.07) is 1.20. The van der Waals surface area contributed by atoms with E-state index in [2.05, 4.69) is 25.0 Å². The lowest BCUT2D eigenvalue weighted by atomic mass is 10.1. The van der Waals surface area contributed by atoms with Gasteiger partial charge in [-0.05, 0) is 46.2 Å². The Morgan fingerprint density at radius 1 is 1.21 bits per heavy atom. The van der Waals surface area contributed by atoms with Crippen LogP contribution in [0.1, 0.15) is 55.4 Å². The number of amides is 1. The quantitative estimate of drug-likeness (QED) is 0.779. The van der Waals surface area contributed by atoms with Crippen LogP contribution in [-0.4, -0.2) is 39.2 Å². The van der Waals surface area contributed by atoms with E-state index in [1.807, 2.05) is 20.8 Å². The van der Waals surface area contributed by atoms with Crippen LogP contribution < -0.4 is 15.8 Å². The highest BCUT2D eigenvalue weighted by Gasteiger charge is 2.29. The molecule has 1 unspecified atom stereocenters. The predicted molar refractivity (Wildman–Crippen MR) is 102 cm³/mol. The number of carbonyl (C=O) groups is 1. The normalized spacial score (nSPS) is 12.4. The first-order valence-electron chi connectivity index (χ1n) is 8.78. The molecule has 0 fully saturated rings. The predicted octanol–water partition coefficient (Wildman–Crippen LogP) is 3.36. The number of aryl methyl sites for hydroxylation is 1. The number of aromatic nitrogens is 3. The van der Waals surface area contributed by atoms with Crippen LogP contribution in [0.3, 0.4) is 0 Å². The number of nitrogens with two attached hydrogens (primary N) is 1. The average molecular weight is 413 g/mol. The second kappa shape index (κ2) is 10.1. The molecule has 0 aliphatic rings. The van der Waals surface area contributed by atoms with Crippen molar-refractivity contribution in [2.45, 2.75) is 52.4 Å². The molecule has 160 valence electrons. The van der Waals surface area contributed by atoms with E-state index in [0.29, 0.717) is 11.1 Å². The Hall–Kier alpha value is -2.75. The van der Waals surface area contributed by atoms with E-state index in [1.165, 1.54) is 24.8 Å². The number of hydrogen-bond donors (Lipinski definition) is 2. The lowest BCUT2D eigenvalue weighted by Crippen LogP contribution is -2.27. The van der Waals surface area contributed by atoms with Gasteiger partial charge >= 0.3 is 6.18 Å². The molecule has 0 spiro atoms. The van der Waals surface area contributed by atoms with Crippen molar-refractivity contribution in [2.75, 3.05) is 6.61 Å². The number of carbonyl (C=O) groups excluding carboxylic acids is 1. The van der Waals surface area contributed by atoms with E-state index in [0.717, 1.165) is 0 Å². The molecule has 1 amide bonds. The van der Waals surface area contributed by atoms with Crippen LogP contribution in [0.15, 0.2) is 30.9 Å². The van der Waals surface area contributed by atoms with Gasteiger partial charge in [-0.25, -0.2) is 9.97 Å². The molecule has 0 radical (unpaired) electrons. The van der Waals surface area contributed by atoms with Crippen LogP contribution in [0.5, 0.6) is 5.88 Å². The molecule has 0 saturated heterocycles. The molecule has 0 aliphatic heterocycles. The van der Waals surface area contributed by atoms with Crippen molar-refractivity contribution < 1.29 is 22.7 Å². The minimum Gasteiger partial charge on any atom is -0.468 e. The Labute approximate surface area is 167 Å². The molecular weight excluding hydrogens is 387 g/mol. The standard InChI is InChI=1S/C15H15F3N4O2.C4H11N/c1-9-5-11(6-21-14(9)24-8-15(16,17)18)10(2)22-13(23)12-7-19-3-4-20-12;1-4(2,3)5/h3-7,10H,8H2,1-2H3,(H,22,23);5H2,1-3H3. The van der Waals surface area contributed by atoms with E-state index < -0.39 is 24.7 Å². The molecule has 1 atom stereocenters. The summed E-state index contributed by atoms with van der Waals surface area (Å²) in [5.74, 6) is -0.505. The van der Waals surface area contributed by atoms with Crippen molar-refractivity contribution in [3.8, 4) is 5.88 Å². The molecule has 0 saturated carbocycles. The van der Waals surface area contributed by atoms with E-state index in [1.54, 1.807) is 19.9 Å². The number of hydrogen-bond acceptors (Lipinski definition) is 6. The van der Waals surface area contributed by atoms with Gasteiger partial charge in [0.2, 0.25) is 5.88 Å². The molecular formula is C19H26F3N5O2. The molecule has 0 bridgehead atoms. The second-order valence-corrected chi connectivity index (χ2v) is 7.45. The van der Waals surface area contributed by atoms with Crippen LogP contribution in [0.2, 0.25) is 0 Å². The van der Waals surface area contributed by atoms with Crippen LogP contribution in [0.25, 0.3) is 0 Å². The summed E-state index contributed by atoms with van der Waals surface area (Å²) in [7, 11) is 0. The lowest BCUT2D eigenvalue weighted by Gasteiger charge is -2.16. The number of rotatable bonds is 5. The smallest absolute Gasteiger partial charge is 0.422 e. The number of nitrogens with zero attached hydrogens (tertiary/aromatic N) is 3.